The van der Waals surface area contributed by atoms with E-state index in [0.29, 0.717) is 17.6 Å². The molecule has 1 aliphatic heterocycles. The van der Waals surface area contributed by atoms with E-state index in [0.717, 1.165) is 18.7 Å². The lowest BCUT2D eigenvalue weighted by molar-refractivity contribution is -0.385. The normalized spacial score (nSPS) is 19.9. The fourth-order valence-corrected chi connectivity index (χ4v) is 2.49. The van der Waals surface area contributed by atoms with Crippen LogP contribution in [0.3, 0.4) is 0 Å². The summed E-state index contributed by atoms with van der Waals surface area (Å²) in [6.07, 6.45) is 0. The highest BCUT2D eigenvalue weighted by Gasteiger charge is 2.22. The maximum absolute atomic E-state index is 10.9. The molecule has 19 heavy (non-hydrogen) atoms. The molecular formula is C12H13BrN4O2. The number of rotatable bonds is 3. The number of benzene rings is 1. The third-order valence-corrected chi connectivity index (χ3v) is 3.77. The zero-order valence-electron chi connectivity index (χ0n) is 10.2. The first-order chi connectivity index (χ1) is 9.11. The summed E-state index contributed by atoms with van der Waals surface area (Å²) in [5, 5.41) is 23.1. The zero-order chi connectivity index (χ0) is 13.8. The highest BCUT2D eigenvalue weighted by Crippen LogP contribution is 2.26. The summed E-state index contributed by atoms with van der Waals surface area (Å²) in [4.78, 5) is 12.5. The van der Waals surface area contributed by atoms with Crippen LogP contribution >= 0.6 is 15.9 Å². The van der Waals surface area contributed by atoms with Gasteiger partial charge in [0.25, 0.3) is 5.69 Å². The SMILES string of the molecule is N#CC1CNCCN1Cc1ccc(Br)c([N+](=O)[O-])c1. The van der Waals surface area contributed by atoms with Crippen LogP contribution in [0.1, 0.15) is 5.56 Å². The molecule has 1 unspecified atom stereocenters. The van der Waals surface area contributed by atoms with Crippen molar-refractivity contribution in [3.8, 4) is 6.07 Å². The van der Waals surface area contributed by atoms with Crippen molar-refractivity contribution in [3.63, 3.8) is 0 Å². The Bertz CT molecular complexity index is 529. The van der Waals surface area contributed by atoms with Crippen LogP contribution in [0, 0.1) is 21.4 Å². The van der Waals surface area contributed by atoms with Crippen molar-refractivity contribution >= 4 is 21.6 Å². The molecule has 0 bridgehead atoms. The molecular weight excluding hydrogens is 312 g/mol. The largest absolute Gasteiger partial charge is 0.313 e. The molecule has 0 radical (unpaired) electrons. The summed E-state index contributed by atoms with van der Waals surface area (Å²) in [6, 6.07) is 7.13. The first kappa shape index (κ1) is 13.9. The number of nitrogens with zero attached hydrogens (tertiary/aromatic N) is 3. The average molecular weight is 325 g/mol. The quantitative estimate of drug-likeness (QED) is 0.675. The second-order valence-corrected chi connectivity index (χ2v) is 5.22. The fourth-order valence-electron chi connectivity index (χ4n) is 2.09. The smallest absolute Gasteiger partial charge is 0.283 e. The van der Waals surface area contributed by atoms with Gasteiger partial charge in [0.05, 0.1) is 15.5 Å². The highest BCUT2D eigenvalue weighted by molar-refractivity contribution is 9.10. The molecule has 1 heterocycles. The summed E-state index contributed by atoms with van der Waals surface area (Å²) in [5.74, 6) is 0. The molecule has 1 aromatic rings. The van der Waals surface area contributed by atoms with Crippen molar-refractivity contribution in [1.29, 1.82) is 5.26 Å². The standard InChI is InChI=1S/C12H13BrN4O2/c13-11-2-1-9(5-12(11)17(18)19)8-16-4-3-15-7-10(16)6-14/h1-2,5,10,15H,3-4,7-8H2. The molecule has 0 amide bonds. The van der Waals surface area contributed by atoms with Gasteiger partial charge in [-0.3, -0.25) is 15.0 Å². The van der Waals surface area contributed by atoms with E-state index in [2.05, 4.69) is 27.3 Å². The van der Waals surface area contributed by atoms with E-state index in [1.54, 1.807) is 12.1 Å². The van der Waals surface area contributed by atoms with Crippen molar-refractivity contribution < 1.29 is 4.92 Å². The van der Waals surface area contributed by atoms with Gasteiger partial charge in [0, 0.05) is 32.2 Å². The van der Waals surface area contributed by atoms with Crippen LogP contribution in [-0.4, -0.2) is 35.5 Å². The van der Waals surface area contributed by atoms with E-state index >= 15 is 0 Å². The van der Waals surface area contributed by atoms with Crippen molar-refractivity contribution in [3.05, 3.63) is 38.3 Å². The molecule has 1 atom stereocenters. The molecule has 1 fully saturated rings. The number of nitrogens with one attached hydrogen (secondary N) is 1. The maximum Gasteiger partial charge on any atom is 0.283 e. The number of piperazine rings is 1. The second kappa shape index (κ2) is 6.10. The number of nitriles is 1. The number of nitro groups is 1. The van der Waals surface area contributed by atoms with E-state index < -0.39 is 4.92 Å². The van der Waals surface area contributed by atoms with Gasteiger partial charge in [0.2, 0.25) is 0 Å². The van der Waals surface area contributed by atoms with Gasteiger partial charge in [-0.25, -0.2) is 0 Å². The summed E-state index contributed by atoms with van der Waals surface area (Å²) < 4.78 is 0.471. The molecule has 1 saturated heterocycles. The van der Waals surface area contributed by atoms with E-state index in [9.17, 15) is 10.1 Å². The van der Waals surface area contributed by atoms with Crippen LogP contribution in [0.4, 0.5) is 5.69 Å². The van der Waals surface area contributed by atoms with E-state index in [-0.39, 0.29) is 11.7 Å². The molecule has 2 rings (SSSR count). The maximum atomic E-state index is 10.9. The topological polar surface area (TPSA) is 82.2 Å². The molecule has 0 saturated carbocycles. The Balaban J connectivity index is 2.17. The van der Waals surface area contributed by atoms with E-state index in [1.807, 2.05) is 11.0 Å². The molecule has 7 heteroatoms. The van der Waals surface area contributed by atoms with Gasteiger partial charge in [0.15, 0.2) is 0 Å². The number of nitro benzene ring substituents is 1. The molecule has 0 aromatic heterocycles. The minimum atomic E-state index is -0.410. The third kappa shape index (κ3) is 3.29. The van der Waals surface area contributed by atoms with Crippen LogP contribution in [0.25, 0.3) is 0 Å². The van der Waals surface area contributed by atoms with E-state index in [1.165, 1.54) is 0 Å². The van der Waals surface area contributed by atoms with Gasteiger partial charge >= 0.3 is 0 Å². The van der Waals surface area contributed by atoms with Crippen LogP contribution in [0.5, 0.6) is 0 Å². The van der Waals surface area contributed by atoms with Gasteiger partial charge in [0.1, 0.15) is 6.04 Å². The third-order valence-electron chi connectivity index (χ3n) is 3.10. The van der Waals surface area contributed by atoms with Crippen molar-refractivity contribution in [1.82, 2.24) is 10.2 Å². The van der Waals surface area contributed by atoms with Gasteiger partial charge in [-0.15, -0.1) is 0 Å². The summed E-state index contributed by atoms with van der Waals surface area (Å²) >= 11 is 3.16. The minimum absolute atomic E-state index is 0.0566. The minimum Gasteiger partial charge on any atom is -0.313 e. The van der Waals surface area contributed by atoms with Crippen LogP contribution < -0.4 is 5.32 Å². The summed E-state index contributed by atoms with van der Waals surface area (Å²) in [5.41, 5.74) is 0.901. The number of halogens is 1. The molecule has 0 spiro atoms. The number of hydrogen-bond acceptors (Lipinski definition) is 5. The summed E-state index contributed by atoms with van der Waals surface area (Å²) in [6.45, 7) is 2.78. The zero-order valence-corrected chi connectivity index (χ0v) is 11.8. The Labute approximate surface area is 119 Å². The monoisotopic (exact) mass is 324 g/mol. The molecule has 100 valence electrons. The fraction of sp³-hybridized carbons (Fsp3) is 0.417. The van der Waals surface area contributed by atoms with Crippen molar-refractivity contribution in [2.45, 2.75) is 12.6 Å². The van der Waals surface area contributed by atoms with Crippen molar-refractivity contribution in [2.24, 2.45) is 0 Å². The first-order valence-corrected chi connectivity index (χ1v) is 6.68. The Morgan fingerprint density at radius 3 is 3.11 bits per heavy atom. The average Bonchev–Trinajstić information content (AvgIpc) is 2.41. The molecule has 1 N–H and O–H groups in total. The lowest BCUT2D eigenvalue weighted by atomic mass is 10.1. The predicted molar refractivity (Wildman–Crippen MR) is 73.5 cm³/mol. The highest BCUT2D eigenvalue weighted by atomic mass is 79.9. The van der Waals surface area contributed by atoms with Crippen LogP contribution in [0.15, 0.2) is 22.7 Å². The lowest BCUT2D eigenvalue weighted by Gasteiger charge is -2.31. The van der Waals surface area contributed by atoms with Gasteiger partial charge in [-0.2, -0.15) is 5.26 Å². The van der Waals surface area contributed by atoms with Gasteiger partial charge < -0.3 is 5.32 Å². The first-order valence-electron chi connectivity index (χ1n) is 5.89. The Morgan fingerprint density at radius 2 is 2.42 bits per heavy atom. The molecule has 6 nitrogen and oxygen atoms in total. The molecule has 1 aromatic carbocycles. The predicted octanol–water partition coefficient (Wildman–Crippen LogP) is 1.65. The van der Waals surface area contributed by atoms with Crippen molar-refractivity contribution in [2.75, 3.05) is 19.6 Å². The van der Waals surface area contributed by atoms with E-state index in [4.69, 9.17) is 5.26 Å². The Kier molecular flexibility index (Phi) is 4.47. The van der Waals surface area contributed by atoms with Crippen LogP contribution in [0.2, 0.25) is 0 Å². The summed E-state index contributed by atoms with van der Waals surface area (Å²) in [7, 11) is 0. The molecule has 0 aliphatic carbocycles. The van der Waals surface area contributed by atoms with Gasteiger partial charge in [-0.1, -0.05) is 6.07 Å². The number of hydrogen-bond donors (Lipinski definition) is 1. The second-order valence-electron chi connectivity index (χ2n) is 4.36. The van der Waals surface area contributed by atoms with Crippen LogP contribution in [-0.2, 0) is 6.54 Å². The molecule has 1 aliphatic rings. The lowest BCUT2D eigenvalue weighted by Crippen LogP contribution is -2.49. The Hall–Kier alpha value is -1.49. The van der Waals surface area contributed by atoms with Gasteiger partial charge in [-0.05, 0) is 27.6 Å². The Morgan fingerprint density at radius 1 is 1.63 bits per heavy atom.